The van der Waals surface area contributed by atoms with Crippen LogP contribution in [0.2, 0.25) is 0 Å². The van der Waals surface area contributed by atoms with Crippen molar-refractivity contribution < 1.29 is 13.2 Å². The minimum Gasteiger partial charge on any atom is -0.324 e. The zero-order chi connectivity index (χ0) is 22.1. The fourth-order valence-corrected chi connectivity index (χ4v) is 4.58. The summed E-state index contributed by atoms with van der Waals surface area (Å²) in [5.41, 5.74) is 3.77. The summed E-state index contributed by atoms with van der Waals surface area (Å²) < 4.78 is 26.6. The van der Waals surface area contributed by atoms with Crippen molar-refractivity contribution in [3.05, 3.63) is 81.1 Å². The van der Waals surface area contributed by atoms with E-state index in [1.807, 2.05) is 32.9 Å². The third-order valence-electron chi connectivity index (χ3n) is 4.65. The molecule has 30 heavy (non-hydrogen) atoms. The second kappa shape index (κ2) is 8.23. The lowest BCUT2D eigenvalue weighted by molar-refractivity contribution is -0.117. The van der Waals surface area contributed by atoms with Gasteiger partial charge in [0.1, 0.15) is 6.54 Å². The normalized spacial score (nSPS) is 11.3. The van der Waals surface area contributed by atoms with Crippen LogP contribution >= 0.6 is 0 Å². The molecular formula is C22H23N3O4S. The SMILES string of the molecule is Cc1cccc(S(=O)(=O)c2ccc(=O)n(CC(=O)Nc3c(C)cc(C)cc3C)n2)c1. The summed E-state index contributed by atoms with van der Waals surface area (Å²) in [4.78, 5) is 24.8. The molecule has 3 rings (SSSR count). The van der Waals surface area contributed by atoms with E-state index in [4.69, 9.17) is 0 Å². The summed E-state index contributed by atoms with van der Waals surface area (Å²) in [6, 6.07) is 12.6. The highest BCUT2D eigenvalue weighted by Crippen LogP contribution is 2.22. The van der Waals surface area contributed by atoms with Gasteiger partial charge in [-0.25, -0.2) is 13.1 Å². The molecule has 8 heteroatoms. The van der Waals surface area contributed by atoms with Crippen molar-refractivity contribution in [2.75, 3.05) is 5.32 Å². The molecule has 0 aliphatic heterocycles. The standard InChI is InChI=1S/C22H23N3O4S/c1-14-6-5-7-18(12-14)30(28,29)20-8-9-21(27)25(24-20)13-19(26)23-22-16(3)10-15(2)11-17(22)4/h5-12H,13H2,1-4H3,(H,23,26). The Hall–Kier alpha value is -3.26. The molecule has 2 aromatic carbocycles. The lowest BCUT2D eigenvalue weighted by Gasteiger charge is -2.13. The number of hydrogen-bond donors (Lipinski definition) is 1. The van der Waals surface area contributed by atoms with Crippen molar-refractivity contribution in [1.82, 2.24) is 9.78 Å². The summed E-state index contributed by atoms with van der Waals surface area (Å²) in [7, 11) is -3.92. The number of aromatic nitrogens is 2. The quantitative estimate of drug-likeness (QED) is 0.678. The maximum absolute atomic E-state index is 12.9. The van der Waals surface area contributed by atoms with Crippen molar-refractivity contribution in [1.29, 1.82) is 0 Å². The molecule has 0 saturated carbocycles. The van der Waals surface area contributed by atoms with E-state index in [1.165, 1.54) is 12.1 Å². The molecule has 0 bridgehead atoms. The van der Waals surface area contributed by atoms with Gasteiger partial charge in [-0.2, -0.15) is 5.10 Å². The number of rotatable bonds is 5. The Balaban J connectivity index is 1.89. The van der Waals surface area contributed by atoms with Crippen molar-refractivity contribution in [2.45, 2.75) is 44.2 Å². The molecule has 1 heterocycles. The summed E-state index contributed by atoms with van der Waals surface area (Å²) in [6.45, 7) is 7.12. The van der Waals surface area contributed by atoms with Gasteiger partial charge in [-0.1, -0.05) is 29.8 Å². The van der Waals surface area contributed by atoms with Crippen LogP contribution in [-0.4, -0.2) is 24.1 Å². The van der Waals surface area contributed by atoms with Gasteiger partial charge in [0.2, 0.25) is 15.7 Å². The number of anilines is 1. The smallest absolute Gasteiger partial charge is 0.267 e. The predicted octanol–water partition coefficient (Wildman–Crippen LogP) is 2.95. The Labute approximate surface area is 175 Å². The van der Waals surface area contributed by atoms with Crippen LogP contribution in [-0.2, 0) is 21.2 Å². The molecule has 0 atom stereocenters. The fourth-order valence-electron chi connectivity index (χ4n) is 3.28. The van der Waals surface area contributed by atoms with Crippen LogP contribution in [0.25, 0.3) is 0 Å². The maximum atomic E-state index is 12.9. The molecule has 1 aromatic heterocycles. The first kappa shape index (κ1) is 21.4. The molecule has 1 N–H and O–H groups in total. The van der Waals surface area contributed by atoms with E-state index < -0.39 is 27.8 Å². The van der Waals surface area contributed by atoms with Gasteiger partial charge in [0, 0.05) is 11.8 Å². The molecule has 0 spiro atoms. The minimum absolute atomic E-state index is 0.0792. The number of sulfone groups is 1. The molecule has 0 aliphatic rings. The summed E-state index contributed by atoms with van der Waals surface area (Å²) >= 11 is 0. The van der Waals surface area contributed by atoms with E-state index in [-0.39, 0.29) is 9.92 Å². The molecular weight excluding hydrogens is 402 g/mol. The van der Waals surface area contributed by atoms with Crippen LogP contribution in [0.1, 0.15) is 22.3 Å². The summed E-state index contributed by atoms with van der Waals surface area (Å²) in [6.07, 6.45) is 0. The topological polar surface area (TPSA) is 98.1 Å². The van der Waals surface area contributed by atoms with Gasteiger partial charge < -0.3 is 5.32 Å². The Kier molecular flexibility index (Phi) is 5.89. The summed E-state index contributed by atoms with van der Waals surface area (Å²) in [5.74, 6) is -0.468. The Morgan fingerprint density at radius 1 is 0.967 bits per heavy atom. The Bertz CT molecular complexity index is 1270. The molecule has 156 valence electrons. The van der Waals surface area contributed by atoms with Crippen LogP contribution in [0.3, 0.4) is 0 Å². The first-order chi connectivity index (χ1) is 14.1. The zero-order valence-corrected chi connectivity index (χ0v) is 18.1. The van der Waals surface area contributed by atoms with Gasteiger partial charge in [0.05, 0.1) is 4.90 Å². The molecule has 0 saturated heterocycles. The fraction of sp³-hybridized carbons (Fsp3) is 0.227. The molecule has 0 unspecified atom stereocenters. The van der Waals surface area contributed by atoms with Crippen molar-refractivity contribution >= 4 is 21.4 Å². The molecule has 0 fully saturated rings. The lowest BCUT2D eigenvalue weighted by atomic mass is 10.1. The highest BCUT2D eigenvalue weighted by Gasteiger charge is 2.21. The van der Waals surface area contributed by atoms with Crippen LogP contribution < -0.4 is 10.9 Å². The van der Waals surface area contributed by atoms with Crippen LogP contribution in [0.15, 0.2) is 63.2 Å². The van der Waals surface area contributed by atoms with E-state index in [0.29, 0.717) is 5.69 Å². The van der Waals surface area contributed by atoms with Crippen LogP contribution in [0.4, 0.5) is 5.69 Å². The third kappa shape index (κ3) is 4.49. The zero-order valence-electron chi connectivity index (χ0n) is 17.3. The number of benzene rings is 2. The number of nitrogens with one attached hydrogen (secondary N) is 1. The number of hydrogen-bond acceptors (Lipinski definition) is 5. The van der Waals surface area contributed by atoms with E-state index >= 15 is 0 Å². The van der Waals surface area contributed by atoms with E-state index in [1.54, 1.807) is 19.1 Å². The number of amides is 1. The highest BCUT2D eigenvalue weighted by molar-refractivity contribution is 7.91. The first-order valence-corrected chi connectivity index (χ1v) is 10.8. The van der Waals surface area contributed by atoms with E-state index in [9.17, 15) is 18.0 Å². The average Bonchev–Trinajstić information content (AvgIpc) is 2.66. The average molecular weight is 426 g/mol. The van der Waals surface area contributed by atoms with Gasteiger partial charge >= 0.3 is 0 Å². The molecule has 0 aliphatic carbocycles. The Morgan fingerprint density at radius 2 is 1.63 bits per heavy atom. The predicted molar refractivity (Wildman–Crippen MR) is 114 cm³/mol. The number of carbonyl (C=O) groups is 1. The number of aryl methyl sites for hydroxylation is 4. The van der Waals surface area contributed by atoms with Gasteiger partial charge in [0.25, 0.3) is 5.56 Å². The Morgan fingerprint density at radius 3 is 2.27 bits per heavy atom. The molecule has 7 nitrogen and oxygen atoms in total. The molecule has 0 radical (unpaired) electrons. The van der Waals surface area contributed by atoms with Crippen molar-refractivity contribution in [2.24, 2.45) is 0 Å². The maximum Gasteiger partial charge on any atom is 0.267 e. The number of nitrogens with zero attached hydrogens (tertiary/aromatic N) is 2. The number of carbonyl (C=O) groups excluding carboxylic acids is 1. The van der Waals surface area contributed by atoms with Crippen LogP contribution in [0, 0.1) is 27.7 Å². The first-order valence-electron chi connectivity index (χ1n) is 9.35. The third-order valence-corrected chi connectivity index (χ3v) is 6.30. The van der Waals surface area contributed by atoms with Gasteiger partial charge in [-0.15, -0.1) is 0 Å². The van der Waals surface area contributed by atoms with Gasteiger partial charge in [-0.3, -0.25) is 9.59 Å². The second-order valence-corrected chi connectivity index (χ2v) is 9.21. The molecule has 1 amide bonds. The van der Waals surface area contributed by atoms with Crippen molar-refractivity contribution in [3.63, 3.8) is 0 Å². The largest absolute Gasteiger partial charge is 0.324 e. The van der Waals surface area contributed by atoms with E-state index in [0.717, 1.165) is 39.1 Å². The monoisotopic (exact) mass is 425 g/mol. The highest BCUT2D eigenvalue weighted by atomic mass is 32.2. The van der Waals surface area contributed by atoms with E-state index in [2.05, 4.69) is 10.4 Å². The molecule has 3 aromatic rings. The van der Waals surface area contributed by atoms with Crippen molar-refractivity contribution in [3.8, 4) is 0 Å². The van der Waals surface area contributed by atoms with Gasteiger partial charge in [0.15, 0.2) is 5.03 Å². The second-order valence-electron chi connectivity index (χ2n) is 7.31. The lowest BCUT2D eigenvalue weighted by Crippen LogP contribution is -2.30. The van der Waals surface area contributed by atoms with Gasteiger partial charge in [-0.05, 0) is 62.6 Å². The van der Waals surface area contributed by atoms with Crippen LogP contribution in [0.5, 0.6) is 0 Å². The minimum atomic E-state index is -3.92. The summed E-state index contributed by atoms with van der Waals surface area (Å²) in [5, 5.41) is 6.45.